The number of nitrogens with zero attached hydrogens (tertiary/aromatic N) is 1. The van der Waals surface area contributed by atoms with Crippen LogP contribution in [0.1, 0.15) is 20.8 Å². The van der Waals surface area contributed by atoms with Crippen LogP contribution in [0.5, 0.6) is 0 Å². The minimum atomic E-state index is -0.251. The van der Waals surface area contributed by atoms with Gasteiger partial charge in [0.25, 0.3) is 0 Å². The number of rotatable bonds is 3. The molecule has 0 aliphatic carbocycles. The fourth-order valence-electron chi connectivity index (χ4n) is 2.00. The lowest BCUT2D eigenvalue weighted by molar-refractivity contribution is -0.122. The van der Waals surface area contributed by atoms with E-state index in [9.17, 15) is 4.79 Å². The van der Waals surface area contributed by atoms with E-state index >= 15 is 0 Å². The van der Waals surface area contributed by atoms with Crippen molar-refractivity contribution in [1.29, 1.82) is 0 Å². The van der Waals surface area contributed by atoms with Crippen LogP contribution in [0.25, 0.3) is 0 Å². The van der Waals surface area contributed by atoms with Crippen molar-refractivity contribution in [3.05, 3.63) is 0 Å². The molecule has 1 fully saturated rings. The average molecular weight is 199 g/mol. The first-order chi connectivity index (χ1) is 6.40. The van der Waals surface area contributed by atoms with Crippen LogP contribution < -0.4 is 11.5 Å². The molecule has 4 N–H and O–H groups in total. The highest BCUT2D eigenvalue weighted by Crippen LogP contribution is 2.35. The molecule has 1 rings (SSSR count). The van der Waals surface area contributed by atoms with Gasteiger partial charge in [-0.3, -0.25) is 9.69 Å². The van der Waals surface area contributed by atoms with Crippen molar-refractivity contribution >= 4 is 5.91 Å². The first-order valence-electron chi connectivity index (χ1n) is 5.14. The summed E-state index contributed by atoms with van der Waals surface area (Å²) in [6, 6.07) is -0.175. The van der Waals surface area contributed by atoms with Gasteiger partial charge in [0.1, 0.15) is 0 Å². The predicted molar refractivity (Wildman–Crippen MR) is 56.6 cm³/mol. The summed E-state index contributed by atoms with van der Waals surface area (Å²) < 4.78 is 0. The van der Waals surface area contributed by atoms with Gasteiger partial charge in [0.05, 0.1) is 6.04 Å². The SMILES string of the molecule is CC(C(N)=O)N1CC(C)C(C)(CN)C1. The second-order valence-corrected chi connectivity index (χ2v) is 4.77. The van der Waals surface area contributed by atoms with Gasteiger partial charge in [-0.25, -0.2) is 0 Å². The molecule has 0 bridgehead atoms. The van der Waals surface area contributed by atoms with E-state index in [0.29, 0.717) is 12.5 Å². The van der Waals surface area contributed by atoms with Crippen LogP contribution in [0, 0.1) is 11.3 Å². The van der Waals surface area contributed by atoms with Gasteiger partial charge in [-0.05, 0) is 24.8 Å². The zero-order chi connectivity index (χ0) is 10.9. The zero-order valence-electron chi connectivity index (χ0n) is 9.29. The van der Waals surface area contributed by atoms with E-state index in [2.05, 4.69) is 18.7 Å². The Morgan fingerprint density at radius 3 is 2.64 bits per heavy atom. The van der Waals surface area contributed by atoms with Crippen LogP contribution in [0.4, 0.5) is 0 Å². The number of carbonyl (C=O) groups excluding carboxylic acids is 1. The van der Waals surface area contributed by atoms with Crippen molar-refractivity contribution in [2.24, 2.45) is 22.8 Å². The monoisotopic (exact) mass is 199 g/mol. The van der Waals surface area contributed by atoms with Gasteiger partial charge in [-0.2, -0.15) is 0 Å². The summed E-state index contributed by atoms with van der Waals surface area (Å²) in [4.78, 5) is 13.2. The van der Waals surface area contributed by atoms with Gasteiger partial charge >= 0.3 is 0 Å². The Labute approximate surface area is 85.6 Å². The lowest BCUT2D eigenvalue weighted by Crippen LogP contribution is -2.43. The molecular weight excluding hydrogens is 178 g/mol. The first-order valence-corrected chi connectivity index (χ1v) is 5.14. The van der Waals surface area contributed by atoms with Crippen LogP contribution in [0.15, 0.2) is 0 Å². The Hall–Kier alpha value is -0.610. The number of carbonyl (C=O) groups is 1. The fourth-order valence-corrected chi connectivity index (χ4v) is 2.00. The standard InChI is InChI=1S/C10H21N3O/c1-7-4-13(8(2)9(12)14)6-10(7,3)5-11/h7-8H,4-6,11H2,1-3H3,(H2,12,14). The summed E-state index contributed by atoms with van der Waals surface area (Å²) in [5.41, 5.74) is 11.2. The third-order valence-corrected chi connectivity index (χ3v) is 3.69. The number of nitrogens with two attached hydrogens (primary N) is 2. The smallest absolute Gasteiger partial charge is 0.234 e. The van der Waals surface area contributed by atoms with Gasteiger partial charge in [0.15, 0.2) is 0 Å². The summed E-state index contributed by atoms with van der Waals surface area (Å²) in [6.07, 6.45) is 0. The summed E-state index contributed by atoms with van der Waals surface area (Å²) in [6.45, 7) is 8.66. The van der Waals surface area contributed by atoms with Crippen molar-refractivity contribution in [2.75, 3.05) is 19.6 Å². The van der Waals surface area contributed by atoms with Gasteiger partial charge < -0.3 is 11.5 Å². The number of primary amides is 1. The highest BCUT2D eigenvalue weighted by Gasteiger charge is 2.41. The maximum atomic E-state index is 11.0. The van der Waals surface area contributed by atoms with Crippen molar-refractivity contribution in [2.45, 2.75) is 26.8 Å². The molecule has 14 heavy (non-hydrogen) atoms. The van der Waals surface area contributed by atoms with Crippen molar-refractivity contribution < 1.29 is 4.79 Å². The molecule has 0 saturated carbocycles. The molecule has 3 unspecified atom stereocenters. The van der Waals surface area contributed by atoms with Crippen LogP contribution >= 0.6 is 0 Å². The quantitative estimate of drug-likeness (QED) is 0.660. The Balaban J connectivity index is 2.67. The molecule has 82 valence electrons. The maximum Gasteiger partial charge on any atom is 0.234 e. The molecule has 0 aromatic heterocycles. The fraction of sp³-hybridized carbons (Fsp3) is 0.900. The Kier molecular flexibility index (Phi) is 3.17. The van der Waals surface area contributed by atoms with Crippen molar-refractivity contribution in [3.63, 3.8) is 0 Å². The van der Waals surface area contributed by atoms with Gasteiger partial charge in [0, 0.05) is 13.1 Å². The summed E-state index contributed by atoms with van der Waals surface area (Å²) >= 11 is 0. The summed E-state index contributed by atoms with van der Waals surface area (Å²) in [5.74, 6) is 0.271. The molecule has 0 aromatic rings. The summed E-state index contributed by atoms with van der Waals surface area (Å²) in [7, 11) is 0. The van der Waals surface area contributed by atoms with Crippen molar-refractivity contribution in [1.82, 2.24) is 4.90 Å². The lowest BCUT2D eigenvalue weighted by Gasteiger charge is -2.27. The molecule has 1 saturated heterocycles. The van der Waals surface area contributed by atoms with E-state index in [1.54, 1.807) is 0 Å². The van der Waals surface area contributed by atoms with E-state index in [1.807, 2.05) is 6.92 Å². The van der Waals surface area contributed by atoms with E-state index < -0.39 is 0 Å². The Morgan fingerprint density at radius 2 is 2.29 bits per heavy atom. The lowest BCUT2D eigenvalue weighted by atomic mass is 9.81. The molecule has 0 radical (unpaired) electrons. The molecule has 3 atom stereocenters. The van der Waals surface area contributed by atoms with E-state index in [1.165, 1.54) is 0 Å². The predicted octanol–water partition coefficient (Wildman–Crippen LogP) is -0.223. The Morgan fingerprint density at radius 1 is 1.71 bits per heavy atom. The third kappa shape index (κ3) is 1.91. The van der Waals surface area contributed by atoms with E-state index in [0.717, 1.165) is 13.1 Å². The molecule has 1 aliphatic heterocycles. The van der Waals surface area contributed by atoms with E-state index in [4.69, 9.17) is 11.5 Å². The summed E-state index contributed by atoms with van der Waals surface area (Å²) in [5, 5.41) is 0. The first kappa shape index (κ1) is 11.5. The van der Waals surface area contributed by atoms with E-state index in [-0.39, 0.29) is 17.4 Å². The molecule has 0 spiro atoms. The number of likely N-dealkylation sites (tertiary alicyclic amines) is 1. The molecule has 0 aromatic carbocycles. The molecule has 4 heteroatoms. The minimum Gasteiger partial charge on any atom is -0.368 e. The molecular formula is C10H21N3O. The minimum absolute atomic E-state index is 0.129. The normalized spacial score (nSPS) is 35.9. The largest absolute Gasteiger partial charge is 0.368 e. The van der Waals surface area contributed by atoms with Gasteiger partial charge in [-0.15, -0.1) is 0 Å². The number of amides is 1. The zero-order valence-corrected chi connectivity index (χ0v) is 9.29. The third-order valence-electron chi connectivity index (χ3n) is 3.69. The Bertz CT molecular complexity index is 231. The highest BCUT2D eigenvalue weighted by atomic mass is 16.1. The number of hydrogen-bond acceptors (Lipinski definition) is 3. The average Bonchev–Trinajstić information content (AvgIpc) is 2.43. The maximum absolute atomic E-state index is 11.0. The van der Waals surface area contributed by atoms with Crippen molar-refractivity contribution in [3.8, 4) is 0 Å². The van der Waals surface area contributed by atoms with Gasteiger partial charge in [-0.1, -0.05) is 13.8 Å². The highest BCUT2D eigenvalue weighted by molar-refractivity contribution is 5.79. The topological polar surface area (TPSA) is 72.4 Å². The van der Waals surface area contributed by atoms with Gasteiger partial charge in [0.2, 0.25) is 5.91 Å². The molecule has 1 amide bonds. The molecule has 1 aliphatic rings. The van der Waals surface area contributed by atoms with Crippen LogP contribution in [-0.4, -0.2) is 36.5 Å². The number of hydrogen-bond donors (Lipinski definition) is 2. The molecule has 1 heterocycles. The van der Waals surface area contributed by atoms with Crippen LogP contribution in [-0.2, 0) is 4.79 Å². The second kappa shape index (κ2) is 3.87. The van der Waals surface area contributed by atoms with Crippen LogP contribution in [0.3, 0.4) is 0 Å². The second-order valence-electron chi connectivity index (χ2n) is 4.77. The van der Waals surface area contributed by atoms with Crippen LogP contribution in [0.2, 0.25) is 0 Å². The molecule has 4 nitrogen and oxygen atoms in total.